The smallest absolute Gasteiger partial charge is 0.311 e. The lowest BCUT2D eigenvalue weighted by molar-refractivity contribution is -0.134. The molecule has 2 N–H and O–H groups in total. The van der Waals surface area contributed by atoms with Crippen molar-refractivity contribution in [2.24, 2.45) is 0 Å². The zero-order valence-electron chi connectivity index (χ0n) is 11.5. The average molecular weight is 290 g/mol. The van der Waals surface area contributed by atoms with E-state index in [9.17, 15) is 19.4 Å². The number of aromatic hydroxyl groups is 2. The largest absolute Gasteiger partial charge is 0.508 e. The Kier molecular flexibility index (Phi) is 4.42. The van der Waals surface area contributed by atoms with Gasteiger partial charge in [-0.15, -0.1) is 0 Å². The van der Waals surface area contributed by atoms with E-state index in [4.69, 9.17) is 4.74 Å². The monoisotopic (exact) mass is 290 g/mol. The van der Waals surface area contributed by atoms with Crippen LogP contribution in [0.2, 0.25) is 0 Å². The summed E-state index contributed by atoms with van der Waals surface area (Å²) in [4.78, 5) is 11.7. The Bertz CT molecular complexity index is 647. The molecule has 110 valence electrons. The van der Waals surface area contributed by atoms with E-state index in [0.29, 0.717) is 6.42 Å². The lowest BCUT2D eigenvalue weighted by atomic mass is 10.0. The number of halogens is 1. The van der Waals surface area contributed by atoms with Gasteiger partial charge in [-0.1, -0.05) is 6.07 Å². The molecular weight excluding hydrogens is 275 g/mol. The minimum Gasteiger partial charge on any atom is -0.508 e. The predicted molar refractivity (Wildman–Crippen MR) is 74.9 cm³/mol. The van der Waals surface area contributed by atoms with E-state index in [-0.39, 0.29) is 29.5 Å². The van der Waals surface area contributed by atoms with Crippen LogP contribution in [0.5, 0.6) is 17.2 Å². The number of esters is 1. The Morgan fingerprint density at radius 1 is 1.14 bits per heavy atom. The molecule has 4 nitrogen and oxygen atoms in total. The highest BCUT2D eigenvalue weighted by Crippen LogP contribution is 2.26. The highest BCUT2D eigenvalue weighted by Gasteiger charge is 2.09. The second-order valence-corrected chi connectivity index (χ2v) is 4.73. The fourth-order valence-corrected chi connectivity index (χ4v) is 1.99. The molecule has 0 saturated carbocycles. The number of phenols is 2. The van der Waals surface area contributed by atoms with Gasteiger partial charge in [-0.25, -0.2) is 4.39 Å². The molecule has 0 bridgehead atoms. The maximum atomic E-state index is 13.0. The summed E-state index contributed by atoms with van der Waals surface area (Å²) in [5.74, 6) is -1.11. The summed E-state index contributed by atoms with van der Waals surface area (Å²) < 4.78 is 18.0. The molecule has 0 spiro atoms. The minimum atomic E-state index is -0.497. The first kappa shape index (κ1) is 14.8. The zero-order chi connectivity index (χ0) is 15.4. The summed E-state index contributed by atoms with van der Waals surface area (Å²) in [5.41, 5.74) is 1.64. The number of rotatable bonds is 4. The number of benzene rings is 2. The quantitative estimate of drug-likeness (QED) is 0.671. The number of carbonyl (C=O) groups excluding carboxylic acids is 1. The van der Waals surface area contributed by atoms with E-state index in [1.165, 1.54) is 24.3 Å². The van der Waals surface area contributed by atoms with Gasteiger partial charge in [0.15, 0.2) is 0 Å². The maximum absolute atomic E-state index is 13.0. The summed E-state index contributed by atoms with van der Waals surface area (Å²) in [6, 6.07) is 8.01. The van der Waals surface area contributed by atoms with Gasteiger partial charge in [0.05, 0.1) is 0 Å². The van der Waals surface area contributed by atoms with Crippen molar-refractivity contribution in [2.75, 3.05) is 0 Å². The molecule has 5 heteroatoms. The van der Waals surface area contributed by atoms with Crippen molar-refractivity contribution in [1.82, 2.24) is 0 Å². The van der Waals surface area contributed by atoms with E-state index in [1.54, 1.807) is 13.0 Å². The number of carbonyl (C=O) groups is 1. The molecule has 0 fully saturated rings. The molecule has 0 amide bonds. The molecule has 2 rings (SSSR count). The van der Waals surface area contributed by atoms with Crippen LogP contribution in [0.3, 0.4) is 0 Å². The number of phenolic OH excluding ortho intramolecular Hbond substituents is 2. The predicted octanol–water partition coefficient (Wildman–Crippen LogP) is 3.08. The molecule has 2 aromatic rings. The average Bonchev–Trinajstić information content (AvgIpc) is 2.36. The summed E-state index contributed by atoms with van der Waals surface area (Å²) in [7, 11) is 0. The fourth-order valence-electron chi connectivity index (χ4n) is 1.99. The number of hydrogen-bond acceptors (Lipinski definition) is 4. The number of ether oxygens (including phenoxy) is 1. The van der Waals surface area contributed by atoms with Crippen LogP contribution in [0.25, 0.3) is 0 Å². The molecular formula is C16H15FO4. The molecule has 0 aliphatic heterocycles. The number of aryl methyl sites for hydroxylation is 2. The van der Waals surface area contributed by atoms with E-state index < -0.39 is 5.97 Å². The topological polar surface area (TPSA) is 66.8 Å². The van der Waals surface area contributed by atoms with Gasteiger partial charge in [0.25, 0.3) is 0 Å². The lowest BCUT2D eigenvalue weighted by Gasteiger charge is -2.07. The molecule has 0 aliphatic carbocycles. The van der Waals surface area contributed by atoms with Crippen LogP contribution in [-0.4, -0.2) is 16.2 Å². The second kappa shape index (κ2) is 6.26. The van der Waals surface area contributed by atoms with Crippen LogP contribution in [0.4, 0.5) is 4.39 Å². The second-order valence-electron chi connectivity index (χ2n) is 4.73. The fraction of sp³-hybridized carbons (Fsp3) is 0.188. The van der Waals surface area contributed by atoms with Gasteiger partial charge >= 0.3 is 5.97 Å². The lowest BCUT2D eigenvalue weighted by Crippen LogP contribution is -2.09. The van der Waals surface area contributed by atoms with Crippen LogP contribution >= 0.6 is 0 Å². The Labute approximate surface area is 121 Å². The zero-order valence-corrected chi connectivity index (χ0v) is 11.5. The SMILES string of the molecule is Cc1cc(F)ccc1CCC(=O)Oc1cc(O)cc(O)c1. The van der Waals surface area contributed by atoms with Crippen LogP contribution in [-0.2, 0) is 11.2 Å². The van der Waals surface area contributed by atoms with Gasteiger partial charge in [-0.2, -0.15) is 0 Å². The van der Waals surface area contributed by atoms with Crippen molar-refractivity contribution in [3.63, 3.8) is 0 Å². The summed E-state index contributed by atoms with van der Waals surface area (Å²) in [5, 5.41) is 18.6. The maximum Gasteiger partial charge on any atom is 0.311 e. The van der Waals surface area contributed by atoms with Gasteiger partial charge in [0.1, 0.15) is 23.1 Å². The van der Waals surface area contributed by atoms with Crippen LogP contribution in [0, 0.1) is 12.7 Å². The third kappa shape index (κ3) is 4.21. The molecule has 0 radical (unpaired) electrons. The molecule has 0 atom stereocenters. The highest BCUT2D eigenvalue weighted by molar-refractivity contribution is 5.73. The van der Waals surface area contributed by atoms with Crippen molar-refractivity contribution < 1.29 is 24.1 Å². The summed E-state index contributed by atoms with van der Waals surface area (Å²) in [6.45, 7) is 1.77. The van der Waals surface area contributed by atoms with E-state index in [1.807, 2.05) is 0 Å². The molecule has 0 saturated heterocycles. The van der Waals surface area contributed by atoms with Gasteiger partial charge in [0.2, 0.25) is 0 Å². The standard InChI is InChI=1S/C16H15FO4/c1-10-6-12(17)4-2-11(10)3-5-16(20)21-15-8-13(18)7-14(19)9-15/h2,4,6-9,18-19H,3,5H2,1H3. The Morgan fingerprint density at radius 2 is 1.81 bits per heavy atom. The molecule has 0 aromatic heterocycles. The molecule has 0 aliphatic rings. The van der Waals surface area contributed by atoms with E-state index in [0.717, 1.165) is 17.2 Å². The third-order valence-corrected chi connectivity index (χ3v) is 3.01. The van der Waals surface area contributed by atoms with Crippen molar-refractivity contribution in [3.05, 3.63) is 53.3 Å². The normalized spacial score (nSPS) is 10.4. The first-order valence-corrected chi connectivity index (χ1v) is 6.43. The third-order valence-electron chi connectivity index (χ3n) is 3.01. The molecule has 2 aromatic carbocycles. The van der Waals surface area contributed by atoms with Crippen molar-refractivity contribution in [3.8, 4) is 17.2 Å². The Balaban J connectivity index is 1.95. The van der Waals surface area contributed by atoms with Crippen LogP contribution in [0.15, 0.2) is 36.4 Å². The summed E-state index contributed by atoms with van der Waals surface area (Å²) in [6.07, 6.45) is 0.540. The van der Waals surface area contributed by atoms with E-state index in [2.05, 4.69) is 0 Å². The first-order chi connectivity index (χ1) is 9.94. The van der Waals surface area contributed by atoms with Gasteiger partial charge in [0, 0.05) is 24.6 Å². The van der Waals surface area contributed by atoms with Gasteiger partial charge < -0.3 is 14.9 Å². The van der Waals surface area contributed by atoms with Crippen molar-refractivity contribution >= 4 is 5.97 Å². The van der Waals surface area contributed by atoms with Crippen LogP contribution < -0.4 is 4.74 Å². The van der Waals surface area contributed by atoms with Crippen molar-refractivity contribution in [1.29, 1.82) is 0 Å². The first-order valence-electron chi connectivity index (χ1n) is 6.43. The summed E-state index contributed by atoms with van der Waals surface area (Å²) >= 11 is 0. The molecule has 0 heterocycles. The molecule has 21 heavy (non-hydrogen) atoms. The number of hydrogen-bond donors (Lipinski definition) is 2. The van der Waals surface area contributed by atoms with E-state index >= 15 is 0 Å². The minimum absolute atomic E-state index is 0.0772. The van der Waals surface area contributed by atoms with Gasteiger partial charge in [-0.3, -0.25) is 4.79 Å². The van der Waals surface area contributed by atoms with Crippen LogP contribution in [0.1, 0.15) is 17.5 Å². The van der Waals surface area contributed by atoms with Gasteiger partial charge in [-0.05, 0) is 36.6 Å². The Morgan fingerprint density at radius 3 is 2.43 bits per heavy atom. The highest BCUT2D eigenvalue weighted by atomic mass is 19.1. The molecule has 0 unspecified atom stereocenters. The Hall–Kier alpha value is -2.56. The van der Waals surface area contributed by atoms with Crippen molar-refractivity contribution in [2.45, 2.75) is 19.8 Å².